The van der Waals surface area contributed by atoms with E-state index in [1.54, 1.807) is 12.3 Å². The minimum Gasteiger partial charge on any atom is -0.464 e. The van der Waals surface area contributed by atoms with Crippen LogP contribution in [-0.2, 0) is 5.41 Å². The van der Waals surface area contributed by atoms with E-state index in [0.29, 0.717) is 6.54 Å². The second-order valence-electron chi connectivity index (χ2n) is 4.95. The summed E-state index contributed by atoms with van der Waals surface area (Å²) in [5.41, 5.74) is 7.26. The number of benzene rings is 1. The van der Waals surface area contributed by atoms with E-state index in [2.05, 4.69) is 0 Å². The summed E-state index contributed by atoms with van der Waals surface area (Å²) in [6.07, 6.45) is 5.83. The standard InChI is InChI=1S/C14H16FNO/c15-11-3-4-12-10(5-8-17-12)13(11)14(9-16)6-1-2-7-14/h3-5,8H,1-2,6-7,9,16H2. The molecule has 2 nitrogen and oxygen atoms in total. The minimum atomic E-state index is -0.187. The van der Waals surface area contributed by atoms with Gasteiger partial charge >= 0.3 is 0 Å². The van der Waals surface area contributed by atoms with Gasteiger partial charge in [-0.1, -0.05) is 12.8 Å². The average Bonchev–Trinajstić information content (AvgIpc) is 2.97. The number of furan rings is 1. The third kappa shape index (κ3) is 1.49. The highest BCUT2D eigenvalue weighted by Crippen LogP contribution is 2.44. The summed E-state index contributed by atoms with van der Waals surface area (Å²) >= 11 is 0. The maximum absolute atomic E-state index is 14.2. The first-order chi connectivity index (χ1) is 8.27. The zero-order chi connectivity index (χ0) is 11.9. The van der Waals surface area contributed by atoms with E-state index < -0.39 is 0 Å². The van der Waals surface area contributed by atoms with Crippen molar-refractivity contribution in [3.05, 3.63) is 35.8 Å². The Morgan fingerprint density at radius 2 is 2.00 bits per heavy atom. The van der Waals surface area contributed by atoms with Gasteiger partial charge in [-0.05, 0) is 31.0 Å². The molecule has 2 aromatic rings. The van der Waals surface area contributed by atoms with Crippen molar-refractivity contribution >= 4 is 11.0 Å². The van der Waals surface area contributed by atoms with Crippen LogP contribution in [0.2, 0.25) is 0 Å². The lowest BCUT2D eigenvalue weighted by Crippen LogP contribution is -2.33. The molecule has 90 valence electrons. The van der Waals surface area contributed by atoms with Crippen molar-refractivity contribution in [1.29, 1.82) is 0 Å². The molecule has 1 aliphatic carbocycles. The van der Waals surface area contributed by atoms with Crippen LogP contribution in [0.5, 0.6) is 0 Å². The monoisotopic (exact) mass is 233 g/mol. The van der Waals surface area contributed by atoms with Crippen molar-refractivity contribution in [2.45, 2.75) is 31.1 Å². The van der Waals surface area contributed by atoms with Crippen LogP contribution in [-0.4, -0.2) is 6.54 Å². The molecule has 0 aliphatic heterocycles. The Labute approximate surface area is 99.6 Å². The molecule has 0 amide bonds. The van der Waals surface area contributed by atoms with Gasteiger partial charge in [-0.3, -0.25) is 0 Å². The number of nitrogens with two attached hydrogens (primary N) is 1. The van der Waals surface area contributed by atoms with Crippen LogP contribution in [0.25, 0.3) is 11.0 Å². The molecule has 3 rings (SSSR count). The third-order valence-corrected chi connectivity index (χ3v) is 4.07. The lowest BCUT2D eigenvalue weighted by Gasteiger charge is -2.28. The SMILES string of the molecule is NCC1(c2c(F)ccc3occc23)CCCC1. The first-order valence-corrected chi connectivity index (χ1v) is 6.13. The molecule has 2 N–H and O–H groups in total. The first kappa shape index (κ1) is 10.8. The van der Waals surface area contributed by atoms with Gasteiger partial charge in [-0.2, -0.15) is 0 Å². The Hall–Kier alpha value is -1.35. The van der Waals surface area contributed by atoms with E-state index in [4.69, 9.17) is 10.2 Å². The summed E-state index contributed by atoms with van der Waals surface area (Å²) < 4.78 is 19.5. The largest absolute Gasteiger partial charge is 0.464 e. The molecule has 1 heterocycles. The van der Waals surface area contributed by atoms with Crippen molar-refractivity contribution in [3.63, 3.8) is 0 Å². The highest BCUT2D eigenvalue weighted by Gasteiger charge is 2.38. The number of hydrogen-bond acceptors (Lipinski definition) is 2. The van der Waals surface area contributed by atoms with E-state index in [0.717, 1.165) is 42.2 Å². The summed E-state index contributed by atoms with van der Waals surface area (Å²) in [4.78, 5) is 0. The lowest BCUT2D eigenvalue weighted by atomic mass is 9.77. The second kappa shape index (κ2) is 3.84. The normalized spacial score (nSPS) is 18.9. The number of rotatable bonds is 2. The Morgan fingerprint density at radius 1 is 1.24 bits per heavy atom. The Morgan fingerprint density at radius 3 is 2.71 bits per heavy atom. The molecule has 17 heavy (non-hydrogen) atoms. The van der Waals surface area contributed by atoms with E-state index in [1.165, 1.54) is 6.07 Å². The van der Waals surface area contributed by atoms with Crippen LogP contribution in [0.15, 0.2) is 28.9 Å². The zero-order valence-electron chi connectivity index (χ0n) is 9.71. The van der Waals surface area contributed by atoms with Gasteiger partial charge < -0.3 is 10.2 Å². The Balaban J connectivity index is 2.27. The fraction of sp³-hybridized carbons (Fsp3) is 0.429. The van der Waals surface area contributed by atoms with Gasteiger partial charge in [0.15, 0.2) is 0 Å². The van der Waals surface area contributed by atoms with Gasteiger partial charge in [0.1, 0.15) is 11.4 Å². The van der Waals surface area contributed by atoms with Gasteiger partial charge in [0.05, 0.1) is 6.26 Å². The summed E-state index contributed by atoms with van der Waals surface area (Å²) in [6, 6.07) is 5.04. The molecule has 0 unspecified atom stereocenters. The van der Waals surface area contributed by atoms with E-state index in [1.807, 2.05) is 6.07 Å². The molecule has 0 saturated heterocycles. The van der Waals surface area contributed by atoms with E-state index in [9.17, 15) is 4.39 Å². The van der Waals surface area contributed by atoms with Crippen LogP contribution in [0.3, 0.4) is 0 Å². The molecule has 0 bridgehead atoms. The van der Waals surface area contributed by atoms with Gasteiger partial charge in [-0.25, -0.2) is 4.39 Å². The Kier molecular flexibility index (Phi) is 2.44. The molecule has 1 fully saturated rings. The summed E-state index contributed by atoms with van der Waals surface area (Å²) in [5, 5.41) is 0.886. The molecule has 1 aromatic heterocycles. The molecule has 0 radical (unpaired) electrons. The molecule has 1 aliphatic rings. The topological polar surface area (TPSA) is 39.2 Å². The molecule has 1 saturated carbocycles. The van der Waals surface area contributed by atoms with Crippen molar-refractivity contribution in [3.8, 4) is 0 Å². The molecule has 3 heteroatoms. The third-order valence-electron chi connectivity index (χ3n) is 4.07. The molecule has 0 spiro atoms. The molecule has 1 aromatic carbocycles. The predicted octanol–water partition coefficient (Wildman–Crippen LogP) is 3.34. The van der Waals surface area contributed by atoms with Crippen LogP contribution in [0.4, 0.5) is 4.39 Å². The van der Waals surface area contributed by atoms with Gasteiger partial charge in [0.25, 0.3) is 0 Å². The number of halogens is 1. The van der Waals surface area contributed by atoms with E-state index >= 15 is 0 Å². The second-order valence-corrected chi connectivity index (χ2v) is 4.95. The van der Waals surface area contributed by atoms with Crippen molar-refractivity contribution in [1.82, 2.24) is 0 Å². The van der Waals surface area contributed by atoms with Gasteiger partial charge in [-0.15, -0.1) is 0 Å². The average molecular weight is 233 g/mol. The highest BCUT2D eigenvalue weighted by molar-refractivity contribution is 5.82. The Bertz CT molecular complexity index is 540. The molecule has 0 atom stereocenters. The maximum Gasteiger partial charge on any atom is 0.134 e. The number of hydrogen-bond donors (Lipinski definition) is 1. The van der Waals surface area contributed by atoms with Crippen molar-refractivity contribution in [2.24, 2.45) is 5.73 Å². The fourth-order valence-corrected chi connectivity index (χ4v) is 3.16. The lowest BCUT2D eigenvalue weighted by molar-refractivity contribution is 0.431. The predicted molar refractivity (Wildman–Crippen MR) is 65.4 cm³/mol. The van der Waals surface area contributed by atoms with Crippen LogP contribution >= 0.6 is 0 Å². The molecular weight excluding hydrogens is 217 g/mol. The summed E-state index contributed by atoms with van der Waals surface area (Å²) in [5.74, 6) is -0.147. The van der Waals surface area contributed by atoms with Crippen LogP contribution < -0.4 is 5.73 Å². The summed E-state index contributed by atoms with van der Waals surface area (Å²) in [6.45, 7) is 0.508. The highest BCUT2D eigenvalue weighted by atomic mass is 19.1. The summed E-state index contributed by atoms with van der Waals surface area (Å²) in [7, 11) is 0. The van der Waals surface area contributed by atoms with Gasteiger partial charge in [0.2, 0.25) is 0 Å². The van der Waals surface area contributed by atoms with Crippen molar-refractivity contribution in [2.75, 3.05) is 6.54 Å². The minimum absolute atomic E-state index is 0.147. The zero-order valence-corrected chi connectivity index (χ0v) is 9.71. The van der Waals surface area contributed by atoms with E-state index in [-0.39, 0.29) is 11.2 Å². The van der Waals surface area contributed by atoms with Crippen LogP contribution in [0, 0.1) is 5.82 Å². The van der Waals surface area contributed by atoms with Crippen molar-refractivity contribution < 1.29 is 8.81 Å². The van der Waals surface area contributed by atoms with Gasteiger partial charge in [0, 0.05) is 22.9 Å². The smallest absolute Gasteiger partial charge is 0.134 e. The van der Waals surface area contributed by atoms with Crippen LogP contribution in [0.1, 0.15) is 31.2 Å². The maximum atomic E-state index is 14.2. The fourth-order valence-electron chi connectivity index (χ4n) is 3.16. The first-order valence-electron chi connectivity index (χ1n) is 6.13. The number of fused-ring (bicyclic) bond motifs is 1. The quantitative estimate of drug-likeness (QED) is 0.864. The molecular formula is C14H16FNO.